The Labute approximate surface area is 188 Å². The van der Waals surface area contributed by atoms with E-state index >= 15 is 0 Å². The topological polar surface area (TPSA) is 66.5 Å². The fourth-order valence-electron chi connectivity index (χ4n) is 3.47. The van der Waals surface area contributed by atoms with Crippen LogP contribution in [0.25, 0.3) is 0 Å². The summed E-state index contributed by atoms with van der Waals surface area (Å²) in [5.41, 5.74) is 3.52. The Morgan fingerprint density at radius 3 is 2.35 bits per heavy atom. The summed E-state index contributed by atoms with van der Waals surface area (Å²) in [5, 5.41) is 3.30. The van der Waals surface area contributed by atoms with Gasteiger partial charge in [0.1, 0.15) is 6.54 Å². The molecule has 3 aromatic carbocycles. The first-order valence-corrected chi connectivity index (χ1v) is 11.7. The molecule has 0 unspecified atom stereocenters. The van der Waals surface area contributed by atoms with Crippen molar-refractivity contribution in [1.29, 1.82) is 0 Å². The zero-order valence-electron chi connectivity index (χ0n) is 17.7. The van der Waals surface area contributed by atoms with Gasteiger partial charge in [-0.1, -0.05) is 59.6 Å². The molecular formula is C24H25ClN2O3S. The van der Waals surface area contributed by atoms with E-state index in [1.807, 2.05) is 32.9 Å². The van der Waals surface area contributed by atoms with Gasteiger partial charge in [0.2, 0.25) is 5.91 Å². The second kappa shape index (κ2) is 9.54. The summed E-state index contributed by atoms with van der Waals surface area (Å²) in [4.78, 5) is 13.0. The molecule has 3 aromatic rings. The van der Waals surface area contributed by atoms with Crippen LogP contribution < -0.4 is 9.62 Å². The van der Waals surface area contributed by atoms with E-state index in [1.165, 1.54) is 18.2 Å². The zero-order valence-corrected chi connectivity index (χ0v) is 19.2. The standard InChI is InChI=1S/C24H25ClN2O3S/c1-17-12-13-23(18(2)14-17)19(3)26-24(28)16-27(21-9-7-8-20(25)15-21)31(29,30)22-10-5-4-6-11-22/h4-15,19H,16H2,1-3H3,(H,26,28)/t19-/m1/s1. The van der Waals surface area contributed by atoms with Crippen molar-refractivity contribution in [1.82, 2.24) is 5.32 Å². The van der Waals surface area contributed by atoms with E-state index in [9.17, 15) is 13.2 Å². The van der Waals surface area contributed by atoms with Crippen LogP contribution in [0.4, 0.5) is 5.69 Å². The van der Waals surface area contributed by atoms with E-state index in [2.05, 4.69) is 11.4 Å². The average molecular weight is 457 g/mol. The van der Waals surface area contributed by atoms with Crippen LogP contribution in [0, 0.1) is 13.8 Å². The largest absolute Gasteiger partial charge is 0.348 e. The Balaban J connectivity index is 1.89. The lowest BCUT2D eigenvalue weighted by atomic mass is 10.0. The molecule has 0 aliphatic rings. The smallest absolute Gasteiger partial charge is 0.264 e. The summed E-state index contributed by atoms with van der Waals surface area (Å²) in [6.07, 6.45) is 0. The van der Waals surface area contributed by atoms with Crippen LogP contribution in [0.3, 0.4) is 0 Å². The van der Waals surface area contributed by atoms with Gasteiger partial charge in [-0.25, -0.2) is 8.42 Å². The number of carbonyl (C=O) groups is 1. The van der Waals surface area contributed by atoms with Gasteiger partial charge < -0.3 is 5.32 Å². The van der Waals surface area contributed by atoms with Crippen molar-refractivity contribution < 1.29 is 13.2 Å². The van der Waals surface area contributed by atoms with E-state index in [1.54, 1.807) is 36.4 Å². The van der Waals surface area contributed by atoms with Crippen LogP contribution in [0.2, 0.25) is 5.02 Å². The molecule has 0 heterocycles. The third-order valence-electron chi connectivity index (χ3n) is 4.98. The number of sulfonamides is 1. The average Bonchev–Trinajstić information content (AvgIpc) is 2.72. The fourth-order valence-corrected chi connectivity index (χ4v) is 5.09. The van der Waals surface area contributed by atoms with Crippen molar-refractivity contribution in [2.45, 2.75) is 31.7 Å². The molecule has 1 atom stereocenters. The van der Waals surface area contributed by atoms with Crippen molar-refractivity contribution in [3.8, 4) is 0 Å². The van der Waals surface area contributed by atoms with Gasteiger partial charge in [-0.3, -0.25) is 9.10 Å². The van der Waals surface area contributed by atoms with Gasteiger partial charge in [-0.05, 0) is 62.2 Å². The number of amides is 1. The molecule has 3 rings (SSSR count). The Hall–Kier alpha value is -2.83. The predicted octanol–water partition coefficient (Wildman–Crippen LogP) is 5.03. The number of rotatable bonds is 7. The Kier molecular flexibility index (Phi) is 7.03. The summed E-state index contributed by atoms with van der Waals surface area (Å²) < 4.78 is 27.7. The van der Waals surface area contributed by atoms with Crippen molar-refractivity contribution in [2.24, 2.45) is 0 Å². The van der Waals surface area contributed by atoms with Crippen molar-refractivity contribution in [2.75, 3.05) is 10.8 Å². The Morgan fingerprint density at radius 1 is 1.00 bits per heavy atom. The molecule has 0 radical (unpaired) electrons. The number of hydrogen-bond acceptors (Lipinski definition) is 3. The van der Waals surface area contributed by atoms with E-state index in [0.29, 0.717) is 10.7 Å². The van der Waals surface area contributed by atoms with E-state index in [-0.39, 0.29) is 17.5 Å². The van der Waals surface area contributed by atoms with Gasteiger partial charge in [0, 0.05) is 5.02 Å². The Bertz CT molecular complexity index is 1180. The summed E-state index contributed by atoms with van der Waals surface area (Å²) >= 11 is 6.09. The molecule has 0 aliphatic heterocycles. The molecular weight excluding hydrogens is 432 g/mol. The van der Waals surface area contributed by atoms with E-state index in [4.69, 9.17) is 11.6 Å². The van der Waals surface area contributed by atoms with Crippen LogP contribution in [0.5, 0.6) is 0 Å². The monoisotopic (exact) mass is 456 g/mol. The van der Waals surface area contributed by atoms with Crippen LogP contribution in [0.1, 0.15) is 29.7 Å². The molecule has 31 heavy (non-hydrogen) atoms. The Morgan fingerprint density at radius 2 is 1.71 bits per heavy atom. The molecule has 162 valence electrons. The number of benzene rings is 3. The predicted molar refractivity (Wildman–Crippen MR) is 125 cm³/mol. The van der Waals surface area contributed by atoms with Gasteiger partial charge in [0.15, 0.2) is 0 Å². The lowest BCUT2D eigenvalue weighted by Crippen LogP contribution is -2.41. The maximum Gasteiger partial charge on any atom is 0.264 e. The maximum absolute atomic E-state index is 13.3. The third kappa shape index (κ3) is 5.46. The minimum absolute atomic E-state index is 0.102. The number of nitrogens with one attached hydrogen (secondary N) is 1. The highest BCUT2D eigenvalue weighted by Gasteiger charge is 2.27. The highest BCUT2D eigenvalue weighted by molar-refractivity contribution is 7.92. The number of aryl methyl sites for hydroxylation is 2. The minimum Gasteiger partial charge on any atom is -0.348 e. The summed E-state index contributed by atoms with van der Waals surface area (Å²) in [5.74, 6) is -0.410. The number of nitrogens with zero attached hydrogens (tertiary/aromatic N) is 1. The molecule has 7 heteroatoms. The van der Waals surface area contributed by atoms with Crippen LogP contribution in [-0.2, 0) is 14.8 Å². The van der Waals surface area contributed by atoms with Crippen molar-refractivity contribution in [3.05, 3.63) is 94.5 Å². The zero-order chi connectivity index (χ0) is 22.6. The normalized spacial score (nSPS) is 12.3. The molecule has 0 aromatic heterocycles. The van der Waals surface area contributed by atoms with Crippen LogP contribution >= 0.6 is 11.6 Å². The first-order chi connectivity index (χ1) is 14.7. The highest BCUT2D eigenvalue weighted by atomic mass is 35.5. The first-order valence-electron chi connectivity index (χ1n) is 9.88. The second-order valence-electron chi connectivity index (χ2n) is 7.45. The number of hydrogen-bond donors (Lipinski definition) is 1. The maximum atomic E-state index is 13.3. The highest BCUT2D eigenvalue weighted by Crippen LogP contribution is 2.26. The van der Waals surface area contributed by atoms with Gasteiger partial charge in [0.05, 0.1) is 16.6 Å². The van der Waals surface area contributed by atoms with Gasteiger partial charge in [-0.15, -0.1) is 0 Å². The molecule has 0 bridgehead atoms. The van der Waals surface area contributed by atoms with E-state index in [0.717, 1.165) is 21.0 Å². The first kappa shape index (κ1) is 22.8. The van der Waals surface area contributed by atoms with Gasteiger partial charge in [-0.2, -0.15) is 0 Å². The quantitative estimate of drug-likeness (QED) is 0.542. The fraction of sp³-hybridized carbons (Fsp3) is 0.208. The summed E-state index contributed by atoms with van der Waals surface area (Å²) in [7, 11) is -3.97. The molecule has 5 nitrogen and oxygen atoms in total. The lowest BCUT2D eigenvalue weighted by Gasteiger charge is -2.25. The van der Waals surface area contributed by atoms with Crippen molar-refractivity contribution >= 4 is 33.2 Å². The number of carbonyl (C=O) groups excluding carboxylic acids is 1. The minimum atomic E-state index is -3.97. The van der Waals surface area contributed by atoms with Gasteiger partial charge >= 0.3 is 0 Å². The molecule has 0 spiro atoms. The van der Waals surface area contributed by atoms with Crippen LogP contribution in [0.15, 0.2) is 77.7 Å². The van der Waals surface area contributed by atoms with E-state index < -0.39 is 15.9 Å². The van der Waals surface area contributed by atoms with Gasteiger partial charge in [0.25, 0.3) is 10.0 Å². The summed E-state index contributed by atoms with van der Waals surface area (Å²) in [6, 6.07) is 20.2. The number of halogens is 1. The molecule has 0 saturated heterocycles. The lowest BCUT2D eigenvalue weighted by molar-refractivity contribution is -0.120. The molecule has 0 saturated carbocycles. The summed E-state index contributed by atoms with van der Waals surface area (Å²) in [6.45, 7) is 5.51. The SMILES string of the molecule is Cc1ccc([C@@H](C)NC(=O)CN(c2cccc(Cl)c2)S(=O)(=O)c2ccccc2)c(C)c1. The second-order valence-corrected chi connectivity index (χ2v) is 9.75. The third-order valence-corrected chi connectivity index (χ3v) is 7.01. The molecule has 1 amide bonds. The molecule has 0 fully saturated rings. The van der Waals surface area contributed by atoms with Crippen LogP contribution in [-0.4, -0.2) is 20.9 Å². The van der Waals surface area contributed by atoms with Crippen molar-refractivity contribution in [3.63, 3.8) is 0 Å². The molecule has 0 aliphatic carbocycles. The molecule has 1 N–H and O–H groups in total. The number of anilines is 1.